The second-order valence-corrected chi connectivity index (χ2v) is 6.11. The Morgan fingerprint density at radius 3 is 3.00 bits per heavy atom. The summed E-state index contributed by atoms with van der Waals surface area (Å²) in [6, 6.07) is 7.86. The lowest BCUT2D eigenvalue weighted by Gasteiger charge is -2.25. The summed E-state index contributed by atoms with van der Waals surface area (Å²) < 4.78 is 5.41. The first-order valence-corrected chi connectivity index (χ1v) is 8.19. The Morgan fingerprint density at radius 2 is 2.26 bits per heavy atom. The van der Waals surface area contributed by atoms with E-state index >= 15 is 0 Å². The zero-order valence-electron chi connectivity index (χ0n) is 13.9. The van der Waals surface area contributed by atoms with Gasteiger partial charge in [0.15, 0.2) is 0 Å². The molecule has 0 radical (unpaired) electrons. The fourth-order valence-electron chi connectivity index (χ4n) is 3.33. The molecule has 0 spiro atoms. The van der Waals surface area contributed by atoms with Crippen molar-refractivity contribution in [1.82, 2.24) is 10.1 Å². The first kappa shape index (κ1) is 15.6. The minimum atomic E-state index is -0.0549. The highest BCUT2D eigenvalue weighted by atomic mass is 16.5. The summed E-state index contributed by atoms with van der Waals surface area (Å²) in [6.45, 7) is 6.78. The number of amides is 2. The monoisotopic (exact) mass is 313 g/mol. The molecule has 1 N–H and O–H groups in total. The maximum atomic E-state index is 12.7. The average molecular weight is 313 g/mol. The van der Waals surface area contributed by atoms with Crippen LogP contribution in [-0.2, 0) is 6.42 Å². The Labute approximate surface area is 136 Å². The summed E-state index contributed by atoms with van der Waals surface area (Å²) >= 11 is 0. The second kappa shape index (κ2) is 6.44. The number of carbonyl (C=O) groups excluding carboxylic acids is 1. The van der Waals surface area contributed by atoms with E-state index in [1.165, 1.54) is 0 Å². The van der Waals surface area contributed by atoms with E-state index in [-0.39, 0.29) is 12.1 Å². The van der Waals surface area contributed by atoms with E-state index in [1.54, 1.807) is 0 Å². The van der Waals surface area contributed by atoms with Crippen molar-refractivity contribution in [1.29, 1.82) is 0 Å². The van der Waals surface area contributed by atoms with Gasteiger partial charge in [0.1, 0.15) is 5.76 Å². The highest BCUT2D eigenvalue weighted by molar-refractivity contribution is 5.90. The van der Waals surface area contributed by atoms with Crippen molar-refractivity contribution in [3.63, 3.8) is 0 Å². The van der Waals surface area contributed by atoms with Crippen LogP contribution >= 0.6 is 0 Å². The summed E-state index contributed by atoms with van der Waals surface area (Å²) in [6.07, 6.45) is 2.75. The minimum absolute atomic E-state index is 0.0549. The summed E-state index contributed by atoms with van der Waals surface area (Å²) in [5.74, 6) is 0.891. The number of aryl methyl sites for hydroxylation is 3. The van der Waals surface area contributed by atoms with Crippen molar-refractivity contribution < 1.29 is 9.32 Å². The molecule has 1 atom stereocenters. The molecule has 0 saturated carbocycles. The Morgan fingerprint density at radius 1 is 1.43 bits per heavy atom. The maximum Gasteiger partial charge on any atom is 0.322 e. The number of hydrogen-bond acceptors (Lipinski definition) is 3. The highest BCUT2D eigenvalue weighted by Crippen LogP contribution is 2.36. The van der Waals surface area contributed by atoms with Gasteiger partial charge in [-0.1, -0.05) is 24.2 Å². The summed E-state index contributed by atoms with van der Waals surface area (Å²) in [5.41, 5.74) is 3.94. The van der Waals surface area contributed by atoms with Crippen LogP contribution in [0.5, 0.6) is 0 Å². The summed E-state index contributed by atoms with van der Waals surface area (Å²) in [7, 11) is 0. The van der Waals surface area contributed by atoms with Gasteiger partial charge in [0.05, 0.1) is 11.7 Å². The number of urea groups is 1. The molecule has 1 aromatic heterocycles. The van der Waals surface area contributed by atoms with Gasteiger partial charge in [0, 0.05) is 24.2 Å². The molecule has 5 heteroatoms. The first-order chi connectivity index (χ1) is 11.1. The zero-order valence-corrected chi connectivity index (χ0v) is 13.9. The second-order valence-electron chi connectivity index (χ2n) is 6.11. The molecule has 1 aliphatic rings. The molecule has 5 nitrogen and oxygen atoms in total. The van der Waals surface area contributed by atoms with Crippen molar-refractivity contribution in [2.24, 2.45) is 0 Å². The molecular weight excluding hydrogens is 290 g/mol. The predicted octanol–water partition coefficient (Wildman–Crippen LogP) is 4.22. The highest BCUT2D eigenvalue weighted by Gasteiger charge is 2.34. The number of aromatic nitrogens is 1. The smallest absolute Gasteiger partial charge is 0.322 e. The van der Waals surface area contributed by atoms with Gasteiger partial charge in [-0.25, -0.2) is 4.79 Å². The van der Waals surface area contributed by atoms with Crippen molar-refractivity contribution in [2.75, 3.05) is 11.9 Å². The molecule has 23 heavy (non-hydrogen) atoms. The molecule has 1 aromatic carbocycles. The fourth-order valence-corrected chi connectivity index (χ4v) is 3.33. The molecule has 1 unspecified atom stereocenters. The number of carbonyl (C=O) groups is 1. The first-order valence-electron chi connectivity index (χ1n) is 8.19. The Kier molecular flexibility index (Phi) is 4.37. The largest absolute Gasteiger partial charge is 0.361 e. The van der Waals surface area contributed by atoms with E-state index in [2.05, 4.69) is 17.4 Å². The molecular formula is C18H23N3O2. The molecule has 2 aromatic rings. The lowest BCUT2D eigenvalue weighted by atomic mass is 10.0. The van der Waals surface area contributed by atoms with E-state index in [1.807, 2.05) is 43.0 Å². The number of rotatable bonds is 3. The van der Waals surface area contributed by atoms with Gasteiger partial charge in [-0.15, -0.1) is 0 Å². The summed E-state index contributed by atoms with van der Waals surface area (Å²) in [5, 5.41) is 7.10. The quantitative estimate of drug-likeness (QED) is 0.923. The third-order valence-corrected chi connectivity index (χ3v) is 4.42. The third kappa shape index (κ3) is 3.09. The van der Waals surface area contributed by atoms with Crippen molar-refractivity contribution in [3.8, 4) is 0 Å². The number of nitrogens with zero attached hydrogens (tertiary/aromatic N) is 2. The molecule has 1 aliphatic heterocycles. The van der Waals surface area contributed by atoms with E-state index in [9.17, 15) is 4.79 Å². The Hall–Kier alpha value is -2.30. The van der Waals surface area contributed by atoms with Crippen molar-refractivity contribution >= 4 is 11.7 Å². The lowest BCUT2D eigenvalue weighted by Crippen LogP contribution is -2.34. The van der Waals surface area contributed by atoms with Crippen LogP contribution < -0.4 is 5.32 Å². The maximum absolute atomic E-state index is 12.7. The van der Waals surface area contributed by atoms with Crippen LogP contribution in [0.15, 0.2) is 28.8 Å². The van der Waals surface area contributed by atoms with Gasteiger partial charge >= 0.3 is 6.03 Å². The van der Waals surface area contributed by atoms with Crippen LogP contribution in [0.3, 0.4) is 0 Å². The van der Waals surface area contributed by atoms with E-state index in [0.717, 1.165) is 54.1 Å². The molecule has 0 bridgehead atoms. The van der Waals surface area contributed by atoms with Gasteiger partial charge in [-0.2, -0.15) is 0 Å². The van der Waals surface area contributed by atoms with E-state index in [4.69, 9.17) is 4.52 Å². The van der Waals surface area contributed by atoms with Crippen LogP contribution in [0.4, 0.5) is 10.5 Å². The molecule has 0 aliphatic carbocycles. The molecule has 3 rings (SSSR count). The van der Waals surface area contributed by atoms with Crippen LogP contribution in [0.2, 0.25) is 0 Å². The van der Waals surface area contributed by atoms with Gasteiger partial charge < -0.3 is 14.7 Å². The Balaban J connectivity index is 1.81. The summed E-state index contributed by atoms with van der Waals surface area (Å²) in [4.78, 5) is 14.6. The van der Waals surface area contributed by atoms with Crippen LogP contribution in [0, 0.1) is 13.8 Å². The van der Waals surface area contributed by atoms with Gasteiger partial charge in [0.25, 0.3) is 0 Å². The molecule has 2 heterocycles. The molecule has 1 fully saturated rings. The SMILES string of the molecule is CCc1onc(C)c1C1CCCN1C(=O)Nc1cccc(C)c1. The van der Waals surface area contributed by atoms with Crippen LogP contribution in [0.1, 0.15) is 48.4 Å². The predicted molar refractivity (Wildman–Crippen MR) is 89.5 cm³/mol. The van der Waals surface area contributed by atoms with E-state index < -0.39 is 0 Å². The lowest BCUT2D eigenvalue weighted by molar-refractivity contribution is 0.206. The number of anilines is 1. The van der Waals surface area contributed by atoms with Crippen LogP contribution in [0.25, 0.3) is 0 Å². The number of nitrogens with one attached hydrogen (secondary N) is 1. The minimum Gasteiger partial charge on any atom is -0.361 e. The number of hydrogen-bond donors (Lipinski definition) is 1. The molecule has 122 valence electrons. The zero-order chi connectivity index (χ0) is 16.4. The van der Waals surface area contributed by atoms with Crippen molar-refractivity contribution in [3.05, 3.63) is 46.8 Å². The topological polar surface area (TPSA) is 58.4 Å². The third-order valence-electron chi connectivity index (χ3n) is 4.42. The number of benzene rings is 1. The van der Waals surface area contributed by atoms with Gasteiger partial charge in [-0.3, -0.25) is 0 Å². The standard InChI is InChI=1S/C18H23N3O2/c1-4-16-17(13(3)20-23-16)15-9-6-10-21(15)18(22)19-14-8-5-7-12(2)11-14/h5,7-8,11,15H,4,6,9-10H2,1-3H3,(H,19,22). The van der Waals surface area contributed by atoms with Crippen LogP contribution in [-0.4, -0.2) is 22.6 Å². The Bertz CT molecular complexity index is 708. The van der Waals surface area contributed by atoms with E-state index in [0.29, 0.717) is 0 Å². The normalized spacial score (nSPS) is 17.5. The van der Waals surface area contributed by atoms with Gasteiger partial charge in [0.2, 0.25) is 0 Å². The van der Waals surface area contributed by atoms with Gasteiger partial charge in [-0.05, 0) is 44.4 Å². The van der Waals surface area contributed by atoms with Crippen molar-refractivity contribution in [2.45, 2.75) is 46.1 Å². The molecule has 2 amide bonds. The average Bonchev–Trinajstić information content (AvgIpc) is 3.13. The fraction of sp³-hybridized carbons (Fsp3) is 0.444. The molecule has 1 saturated heterocycles. The number of likely N-dealkylation sites (tertiary alicyclic amines) is 1.